The number of carbonyl (C=O) groups excluding carboxylic acids is 1. The van der Waals surface area contributed by atoms with Gasteiger partial charge in [-0.25, -0.2) is 0 Å². The first-order valence-electron chi connectivity index (χ1n) is 5.73. The number of aryl methyl sites for hydroxylation is 1. The van der Waals surface area contributed by atoms with Gasteiger partial charge in [0.2, 0.25) is 5.91 Å². The molecule has 0 aliphatic carbocycles. The Morgan fingerprint density at radius 2 is 2.00 bits per heavy atom. The van der Waals surface area contributed by atoms with Crippen molar-refractivity contribution in [2.45, 2.75) is 19.3 Å². The van der Waals surface area contributed by atoms with Crippen LogP contribution in [0.1, 0.15) is 18.4 Å². The SMILES string of the molecule is CNC(=O)C(CCN)CCc1ccccc1. The third kappa shape index (κ3) is 4.03. The predicted molar refractivity (Wildman–Crippen MR) is 66.0 cm³/mol. The average molecular weight is 220 g/mol. The predicted octanol–water partition coefficient (Wildman–Crippen LogP) is 1.33. The van der Waals surface area contributed by atoms with E-state index in [0.29, 0.717) is 6.54 Å². The molecule has 0 heterocycles. The summed E-state index contributed by atoms with van der Waals surface area (Å²) in [5, 5.41) is 2.69. The molecule has 88 valence electrons. The Hall–Kier alpha value is -1.35. The summed E-state index contributed by atoms with van der Waals surface area (Å²) in [6.07, 6.45) is 2.55. The van der Waals surface area contributed by atoms with E-state index in [2.05, 4.69) is 17.4 Å². The highest BCUT2D eigenvalue weighted by atomic mass is 16.1. The molecular formula is C13H20N2O. The molecule has 3 nitrogen and oxygen atoms in total. The topological polar surface area (TPSA) is 55.1 Å². The van der Waals surface area contributed by atoms with Gasteiger partial charge >= 0.3 is 0 Å². The van der Waals surface area contributed by atoms with Crippen LogP contribution in [0.25, 0.3) is 0 Å². The summed E-state index contributed by atoms with van der Waals surface area (Å²) in [6, 6.07) is 10.2. The van der Waals surface area contributed by atoms with Crippen LogP contribution in [0.4, 0.5) is 0 Å². The second kappa shape index (κ2) is 7.01. The molecule has 0 radical (unpaired) electrons. The van der Waals surface area contributed by atoms with E-state index in [1.807, 2.05) is 18.2 Å². The monoisotopic (exact) mass is 220 g/mol. The molecule has 1 aromatic carbocycles. The zero-order valence-electron chi connectivity index (χ0n) is 9.78. The van der Waals surface area contributed by atoms with Gasteiger partial charge in [0.05, 0.1) is 0 Å². The van der Waals surface area contributed by atoms with Gasteiger partial charge in [0, 0.05) is 13.0 Å². The molecule has 0 spiro atoms. The van der Waals surface area contributed by atoms with Crippen LogP contribution in [0.2, 0.25) is 0 Å². The molecule has 0 saturated heterocycles. The van der Waals surface area contributed by atoms with Crippen molar-refractivity contribution in [2.24, 2.45) is 11.7 Å². The third-order valence-electron chi connectivity index (χ3n) is 2.76. The van der Waals surface area contributed by atoms with Crippen molar-refractivity contribution in [3.05, 3.63) is 35.9 Å². The van der Waals surface area contributed by atoms with Gasteiger partial charge in [-0.2, -0.15) is 0 Å². The Labute approximate surface area is 97.0 Å². The Morgan fingerprint density at radius 1 is 1.31 bits per heavy atom. The van der Waals surface area contributed by atoms with E-state index in [1.165, 1.54) is 5.56 Å². The molecule has 0 aliphatic heterocycles. The van der Waals surface area contributed by atoms with Crippen LogP contribution >= 0.6 is 0 Å². The van der Waals surface area contributed by atoms with Crippen molar-refractivity contribution >= 4 is 5.91 Å². The highest BCUT2D eigenvalue weighted by molar-refractivity contribution is 5.78. The van der Waals surface area contributed by atoms with Gasteiger partial charge in [-0.15, -0.1) is 0 Å². The molecular weight excluding hydrogens is 200 g/mol. The van der Waals surface area contributed by atoms with Crippen molar-refractivity contribution in [2.75, 3.05) is 13.6 Å². The summed E-state index contributed by atoms with van der Waals surface area (Å²) in [7, 11) is 1.67. The smallest absolute Gasteiger partial charge is 0.222 e. The summed E-state index contributed by atoms with van der Waals surface area (Å²) in [5.74, 6) is 0.136. The lowest BCUT2D eigenvalue weighted by Crippen LogP contribution is -2.29. The lowest BCUT2D eigenvalue weighted by atomic mass is 9.96. The number of amides is 1. The second-order valence-corrected chi connectivity index (χ2v) is 3.91. The lowest BCUT2D eigenvalue weighted by Gasteiger charge is -2.14. The minimum Gasteiger partial charge on any atom is -0.359 e. The first-order valence-corrected chi connectivity index (χ1v) is 5.73. The minimum absolute atomic E-state index is 0.0372. The molecule has 1 rings (SSSR count). The van der Waals surface area contributed by atoms with Gasteiger partial charge in [0.15, 0.2) is 0 Å². The maximum atomic E-state index is 11.6. The summed E-state index contributed by atoms with van der Waals surface area (Å²) in [5.41, 5.74) is 6.78. The van der Waals surface area contributed by atoms with E-state index in [9.17, 15) is 4.79 Å². The largest absolute Gasteiger partial charge is 0.359 e. The van der Waals surface area contributed by atoms with E-state index in [-0.39, 0.29) is 11.8 Å². The molecule has 0 bridgehead atoms. The molecule has 0 fully saturated rings. The maximum absolute atomic E-state index is 11.6. The van der Waals surface area contributed by atoms with Crippen LogP contribution in [0.15, 0.2) is 30.3 Å². The molecule has 0 aliphatic rings. The molecule has 0 saturated carbocycles. The van der Waals surface area contributed by atoms with Gasteiger partial charge in [-0.1, -0.05) is 30.3 Å². The third-order valence-corrected chi connectivity index (χ3v) is 2.76. The van der Waals surface area contributed by atoms with Crippen LogP contribution in [-0.4, -0.2) is 19.5 Å². The number of carbonyl (C=O) groups is 1. The summed E-state index contributed by atoms with van der Waals surface area (Å²) >= 11 is 0. The van der Waals surface area contributed by atoms with Gasteiger partial charge in [0.25, 0.3) is 0 Å². The number of benzene rings is 1. The number of nitrogens with two attached hydrogens (primary N) is 1. The van der Waals surface area contributed by atoms with E-state index in [4.69, 9.17) is 5.73 Å². The summed E-state index contributed by atoms with van der Waals surface area (Å²) in [6.45, 7) is 0.562. The minimum atomic E-state index is 0.0372. The van der Waals surface area contributed by atoms with Gasteiger partial charge in [0.1, 0.15) is 0 Å². The van der Waals surface area contributed by atoms with Crippen LogP contribution < -0.4 is 11.1 Å². The van der Waals surface area contributed by atoms with Gasteiger partial charge < -0.3 is 11.1 Å². The number of rotatable bonds is 6. The molecule has 1 amide bonds. The molecule has 16 heavy (non-hydrogen) atoms. The molecule has 0 aromatic heterocycles. The van der Waals surface area contributed by atoms with E-state index in [0.717, 1.165) is 19.3 Å². The lowest BCUT2D eigenvalue weighted by molar-refractivity contribution is -0.124. The Balaban J connectivity index is 2.47. The number of hydrogen-bond acceptors (Lipinski definition) is 2. The van der Waals surface area contributed by atoms with Gasteiger partial charge in [-0.3, -0.25) is 4.79 Å². The van der Waals surface area contributed by atoms with Crippen molar-refractivity contribution in [1.82, 2.24) is 5.32 Å². The second-order valence-electron chi connectivity index (χ2n) is 3.91. The molecule has 1 unspecified atom stereocenters. The molecule has 1 aromatic rings. The molecule has 1 atom stereocenters. The van der Waals surface area contributed by atoms with Crippen LogP contribution in [0.3, 0.4) is 0 Å². The Bertz CT molecular complexity index is 311. The highest BCUT2D eigenvalue weighted by Gasteiger charge is 2.15. The number of nitrogens with one attached hydrogen (secondary N) is 1. The summed E-state index contributed by atoms with van der Waals surface area (Å²) in [4.78, 5) is 11.6. The highest BCUT2D eigenvalue weighted by Crippen LogP contribution is 2.12. The quantitative estimate of drug-likeness (QED) is 0.760. The van der Waals surface area contributed by atoms with Gasteiger partial charge in [-0.05, 0) is 31.4 Å². The van der Waals surface area contributed by atoms with Crippen LogP contribution in [-0.2, 0) is 11.2 Å². The van der Waals surface area contributed by atoms with E-state index in [1.54, 1.807) is 7.05 Å². The standard InChI is InChI=1S/C13H20N2O/c1-15-13(16)12(9-10-14)8-7-11-5-3-2-4-6-11/h2-6,12H,7-10,14H2,1H3,(H,15,16). The molecule has 3 heteroatoms. The first-order chi connectivity index (χ1) is 7.77. The fourth-order valence-corrected chi connectivity index (χ4v) is 1.80. The fraction of sp³-hybridized carbons (Fsp3) is 0.462. The van der Waals surface area contributed by atoms with Crippen molar-refractivity contribution in [3.8, 4) is 0 Å². The zero-order valence-corrected chi connectivity index (χ0v) is 9.78. The Morgan fingerprint density at radius 3 is 2.56 bits per heavy atom. The first kappa shape index (κ1) is 12.7. The van der Waals surface area contributed by atoms with Crippen molar-refractivity contribution < 1.29 is 4.79 Å². The van der Waals surface area contributed by atoms with Crippen molar-refractivity contribution in [1.29, 1.82) is 0 Å². The normalized spacial score (nSPS) is 12.1. The fourth-order valence-electron chi connectivity index (χ4n) is 1.80. The zero-order chi connectivity index (χ0) is 11.8. The average Bonchev–Trinajstić information content (AvgIpc) is 2.34. The Kier molecular flexibility index (Phi) is 5.57. The van der Waals surface area contributed by atoms with E-state index >= 15 is 0 Å². The van der Waals surface area contributed by atoms with Crippen molar-refractivity contribution in [3.63, 3.8) is 0 Å². The molecule has 3 N–H and O–H groups in total. The van der Waals surface area contributed by atoms with Crippen LogP contribution in [0, 0.1) is 5.92 Å². The van der Waals surface area contributed by atoms with E-state index < -0.39 is 0 Å². The summed E-state index contributed by atoms with van der Waals surface area (Å²) < 4.78 is 0. The maximum Gasteiger partial charge on any atom is 0.222 e. The van der Waals surface area contributed by atoms with Crippen LogP contribution in [0.5, 0.6) is 0 Å². The number of hydrogen-bond donors (Lipinski definition) is 2.